The molecule has 0 saturated heterocycles. The van der Waals surface area contributed by atoms with Gasteiger partial charge in [0.05, 0.1) is 6.10 Å². The Balaban J connectivity index is 2.96. The molecule has 0 heterocycles. The van der Waals surface area contributed by atoms with E-state index in [1.165, 1.54) is 0 Å². The highest BCUT2D eigenvalue weighted by Gasteiger charge is 2.29. The normalized spacial score (nSPS) is 12.5. The van der Waals surface area contributed by atoms with Gasteiger partial charge < -0.3 is 29.8 Å². The Hall–Kier alpha value is -3.72. The number of benzene rings is 1. The number of nitrogens with one attached hydrogen (secondary N) is 1. The third kappa shape index (κ3) is 11.5. The van der Waals surface area contributed by atoms with Crippen molar-refractivity contribution in [1.82, 2.24) is 5.32 Å². The summed E-state index contributed by atoms with van der Waals surface area (Å²) in [6, 6.07) is 6.92. The predicted molar refractivity (Wildman–Crippen MR) is 115 cm³/mol. The largest absolute Gasteiger partial charge is 0.512 e. The third-order valence-corrected chi connectivity index (χ3v) is 3.69. The first-order valence-electron chi connectivity index (χ1n) is 10.2. The van der Waals surface area contributed by atoms with Gasteiger partial charge in [0.2, 0.25) is 5.78 Å². The van der Waals surface area contributed by atoms with Crippen molar-refractivity contribution in [2.45, 2.75) is 71.5 Å². The van der Waals surface area contributed by atoms with E-state index >= 15 is 0 Å². The Morgan fingerprint density at radius 2 is 1.70 bits per heavy atom. The molecule has 1 aromatic rings. The molecule has 0 aliphatic carbocycles. The number of amides is 1. The summed E-state index contributed by atoms with van der Waals surface area (Å²) in [7, 11) is 0. The molecule has 1 N–H and O–H groups in total. The van der Waals surface area contributed by atoms with Crippen molar-refractivity contribution < 1.29 is 42.9 Å². The summed E-state index contributed by atoms with van der Waals surface area (Å²) < 4.78 is 20.6. The van der Waals surface area contributed by atoms with E-state index in [9.17, 15) is 19.2 Å². The summed E-state index contributed by atoms with van der Waals surface area (Å²) >= 11 is 0. The number of Topliss-reactive ketones (excluding diaryl/α,β-unsaturated/α-hetero) is 1. The summed E-state index contributed by atoms with van der Waals surface area (Å²) in [6.45, 7) is 8.18. The number of nitrogens with zero attached hydrogens (tertiary/aromatic N) is 2. The van der Waals surface area contributed by atoms with Gasteiger partial charge in [0.15, 0.2) is 0 Å². The highest BCUT2D eigenvalue weighted by Crippen LogP contribution is 2.21. The summed E-state index contributed by atoms with van der Waals surface area (Å²) in [6.07, 6.45) is -3.77. The lowest BCUT2D eigenvalue weighted by atomic mass is 10.1. The van der Waals surface area contributed by atoms with Crippen molar-refractivity contribution in [2.24, 2.45) is 0 Å². The Morgan fingerprint density at radius 1 is 1.06 bits per heavy atom. The number of carbonyl (C=O) groups is 4. The molecule has 1 amide bonds. The molecular weight excluding hydrogens is 434 g/mol. The van der Waals surface area contributed by atoms with Gasteiger partial charge in [-0.05, 0) is 41.0 Å². The van der Waals surface area contributed by atoms with Crippen LogP contribution in [0.15, 0.2) is 30.3 Å². The maximum Gasteiger partial charge on any atom is 0.512 e. The van der Waals surface area contributed by atoms with E-state index in [1.54, 1.807) is 65.0 Å². The van der Waals surface area contributed by atoms with Crippen LogP contribution in [0.2, 0.25) is 0 Å². The standard InChI is InChI=1S/C22H29N3O8/c1-14(2)30-18(27)17(12-11-16(26)13-24-23)25-20(28)31-19(15-9-7-6-8-10-15)32-21(29)33-22(3,4)5/h6-10,13-14,17,19H,11-12H2,1-5H3,(H,25,28)/t17-,19?/m0/s1. The highest BCUT2D eigenvalue weighted by molar-refractivity contribution is 6.25. The first kappa shape index (κ1) is 27.3. The molecule has 11 heteroatoms. The van der Waals surface area contributed by atoms with Gasteiger partial charge in [0.25, 0.3) is 6.29 Å². The second kappa shape index (κ2) is 13.0. The van der Waals surface area contributed by atoms with Gasteiger partial charge in [-0.1, -0.05) is 30.3 Å². The van der Waals surface area contributed by atoms with Crippen LogP contribution in [-0.4, -0.2) is 52.8 Å². The Kier molecular flexibility index (Phi) is 10.7. The summed E-state index contributed by atoms with van der Waals surface area (Å²) in [5.74, 6) is -1.36. The fourth-order valence-corrected chi connectivity index (χ4v) is 2.38. The molecule has 0 radical (unpaired) electrons. The zero-order valence-electron chi connectivity index (χ0n) is 19.3. The van der Waals surface area contributed by atoms with Crippen molar-refractivity contribution in [3.8, 4) is 0 Å². The van der Waals surface area contributed by atoms with Gasteiger partial charge in [-0.3, -0.25) is 4.79 Å². The predicted octanol–water partition coefficient (Wildman–Crippen LogP) is 3.33. The SMILES string of the molecule is CC(C)OC(=O)[C@H](CCC(=O)C=[N+]=[N-])NC(=O)OC(OC(=O)OC(C)(C)C)c1ccccc1. The third-order valence-electron chi connectivity index (χ3n) is 3.69. The van der Waals surface area contributed by atoms with Crippen molar-refractivity contribution in [3.05, 3.63) is 41.4 Å². The van der Waals surface area contributed by atoms with Crippen LogP contribution in [0, 0.1) is 0 Å². The van der Waals surface area contributed by atoms with Gasteiger partial charge >= 0.3 is 24.4 Å². The Labute approximate surface area is 192 Å². The Morgan fingerprint density at radius 3 is 2.24 bits per heavy atom. The number of alkyl carbamates (subject to hydrolysis) is 1. The lowest BCUT2D eigenvalue weighted by molar-refractivity contribution is -0.150. The van der Waals surface area contributed by atoms with Gasteiger partial charge in [0, 0.05) is 12.0 Å². The fourth-order valence-electron chi connectivity index (χ4n) is 2.38. The second-order valence-corrected chi connectivity index (χ2v) is 8.16. The molecule has 1 aromatic carbocycles. The molecule has 0 spiro atoms. The molecular formula is C22H29N3O8. The molecule has 0 aromatic heterocycles. The highest BCUT2D eigenvalue weighted by atomic mass is 16.8. The van der Waals surface area contributed by atoms with Gasteiger partial charge in [-0.25, -0.2) is 14.4 Å². The molecule has 0 aliphatic heterocycles. The van der Waals surface area contributed by atoms with Crippen molar-refractivity contribution in [3.63, 3.8) is 0 Å². The van der Waals surface area contributed by atoms with E-state index < -0.39 is 48.0 Å². The molecule has 180 valence electrons. The van der Waals surface area contributed by atoms with Crippen LogP contribution in [-0.2, 0) is 28.5 Å². The molecule has 2 atom stereocenters. The minimum Gasteiger partial charge on any atom is -0.461 e. The second-order valence-electron chi connectivity index (χ2n) is 8.16. The van der Waals surface area contributed by atoms with Crippen molar-refractivity contribution in [1.29, 1.82) is 0 Å². The van der Waals surface area contributed by atoms with E-state index in [2.05, 4.69) is 10.1 Å². The van der Waals surface area contributed by atoms with Gasteiger partial charge in [-0.2, -0.15) is 4.79 Å². The molecule has 0 aliphatic rings. The van der Waals surface area contributed by atoms with E-state index in [1.807, 2.05) is 0 Å². The van der Waals surface area contributed by atoms with Crippen LogP contribution in [0.1, 0.15) is 59.3 Å². The number of ketones is 1. The van der Waals surface area contributed by atoms with Crippen LogP contribution in [0.5, 0.6) is 0 Å². The van der Waals surface area contributed by atoms with Crippen LogP contribution in [0.3, 0.4) is 0 Å². The molecule has 1 rings (SSSR count). The molecule has 0 bridgehead atoms. The van der Waals surface area contributed by atoms with Crippen molar-refractivity contribution in [2.75, 3.05) is 0 Å². The summed E-state index contributed by atoms with van der Waals surface area (Å²) in [5.41, 5.74) is 7.95. The maximum atomic E-state index is 12.5. The number of carbonyl (C=O) groups excluding carboxylic acids is 4. The number of esters is 1. The minimum absolute atomic E-state index is 0.144. The summed E-state index contributed by atoms with van der Waals surface area (Å²) in [5, 5.41) is 2.31. The number of ether oxygens (including phenoxy) is 4. The summed E-state index contributed by atoms with van der Waals surface area (Å²) in [4.78, 5) is 51.2. The molecule has 33 heavy (non-hydrogen) atoms. The molecule has 11 nitrogen and oxygen atoms in total. The maximum absolute atomic E-state index is 12.5. The van der Waals surface area contributed by atoms with Crippen LogP contribution in [0.25, 0.3) is 5.53 Å². The van der Waals surface area contributed by atoms with Gasteiger partial charge in [-0.15, -0.1) is 0 Å². The van der Waals surface area contributed by atoms with Crippen LogP contribution in [0.4, 0.5) is 9.59 Å². The van der Waals surface area contributed by atoms with E-state index in [0.29, 0.717) is 11.8 Å². The number of hydrogen-bond acceptors (Lipinski definition) is 8. The minimum atomic E-state index is -1.47. The topological polar surface area (TPSA) is 154 Å². The van der Waals surface area contributed by atoms with Crippen LogP contribution < -0.4 is 5.32 Å². The van der Waals surface area contributed by atoms with E-state index in [-0.39, 0.29) is 12.8 Å². The van der Waals surface area contributed by atoms with E-state index in [0.717, 1.165) is 0 Å². The average Bonchev–Trinajstić information content (AvgIpc) is 2.69. The zero-order chi connectivity index (χ0) is 25.0. The first-order chi connectivity index (χ1) is 15.4. The average molecular weight is 463 g/mol. The lowest BCUT2D eigenvalue weighted by Gasteiger charge is -2.24. The Bertz CT molecular complexity index is 873. The molecule has 1 unspecified atom stereocenters. The molecule has 0 saturated carbocycles. The monoisotopic (exact) mass is 463 g/mol. The first-order valence-corrected chi connectivity index (χ1v) is 10.2. The quantitative estimate of drug-likeness (QED) is 0.138. The lowest BCUT2D eigenvalue weighted by Crippen LogP contribution is -2.43. The van der Waals surface area contributed by atoms with Gasteiger partial charge in [0.1, 0.15) is 11.6 Å². The molecule has 0 fully saturated rings. The van der Waals surface area contributed by atoms with E-state index in [4.69, 9.17) is 24.5 Å². The number of rotatable bonds is 10. The fraction of sp³-hybridized carbons (Fsp3) is 0.500. The smallest absolute Gasteiger partial charge is 0.461 e. The number of hydrogen-bond donors (Lipinski definition) is 1. The van der Waals surface area contributed by atoms with Crippen LogP contribution >= 0.6 is 0 Å². The van der Waals surface area contributed by atoms with Crippen molar-refractivity contribution >= 4 is 30.2 Å². The zero-order valence-corrected chi connectivity index (χ0v) is 19.3.